The molecule has 1 heterocycles. The molecule has 0 bridgehead atoms. The summed E-state index contributed by atoms with van der Waals surface area (Å²) < 4.78 is 22.5. The maximum Gasteiger partial charge on any atom is 0.239 e. The van der Waals surface area contributed by atoms with E-state index in [1.807, 2.05) is 0 Å². The fraction of sp³-hybridized carbons (Fsp3) is 0.889. The van der Waals surface area contributed by atoms with Gasteiger partial charge in [0, 0.05) is 5.92 Å². The van der Waals surface area contributed by atoms with E-state index in [-0.39, 0.29) is 29.4 Å². The van der Waals surface area contributed by atoms with E-state index >= 15 is 0 Å². The molecular weight excluding hydrogens is 216 g/mol. The molecule has 0 aromatic rings. The van der Waals surface area contributed by atoms with Crippen LogP contribution in [0, 0.1) is 5.92 Å². The minimum atomic E-state index is -2.96. The number of rotatable bonds is 2. The third kappa shape index (κ3) is 2.15. The Labute approximate surface area is 89.5 Å². The highest BCUT2D eigenvalue weighted by atomic mass is 32.2. The van der Waals surface area contributed by atoms with E-state index in [1.165, 1.54) is 0 Å². The molecule has 6 heteroatoms. The molecule has 2 rings (SSSR count). The van der Waals surface area contributed by atoms with E-state index in [1.54, 1.807) is 0 Å². The summed E-state index contributed by atoms with van der Waals surface area (Å²) >= 11 is 0. The van der Waals surface area contributed by atoms with Crippen LogP contribution in [0.2, 0.25) is 0 Å². The van der Waals surface area contributed by atoms with Crippen LogP contribution in [0.3, 0.4) is 0 Å². The largest absolute Gasteiger partial charge is 0.276 e. The molecule has 5 nitrogen and oxygen atoms in total. The van der Waals surface area contributed by atoms with Crippen molar-refractivity contribution in [1.29, 1.82) is 0 Å². The summed E-state index contributed by atoms with van der Waals surface area (Å²) in [6.07, 6.45) is 3.35. The Morgan fingerprint density at radius 1 is 1.27 bits per heavy atom. The maximum absolute atomic E-state index is 11.7. The van der Waals surface area contributed by atoms with E-state index in [2.05, 4.69) is 0 Å². The van der Waals surface area contributed by atoms with Crippen LogP contribution in [0.5, 0.6) is 0 Å². The molecule has 1 atom stereocenters. The first kappa shape index (κ1) is 10.9. The Balaban J connectivity index is 1.96. The second-order valence-electron chi connectivity index (χ2n) is 4.43. The summed E-state index contributed by atoms with van der Waals surface area (Å²) in [6, 6.07) is -0.303. The lowest BCUT2D eigenvalue weighted by Gasteiger charge is -2.31. The summed E-state index contributed by atoms with van der Waals surface area (Å²) in [7, 11) is -2.96. The molecule has 0 radical (unpaired) electrons. The zero-order chi connectivity index (χ0) is 11.1. The van der Waals surface area contributed by atoms with Crippen LogP contribution in [-0.4, -0.2) is 36.9 Å². The Morgan fingerprint density at radius 3 is 2.33 bits per heavy atom. The van der Waals surface area contributed by atoms with Gasteiger partial charge in [0.1, 0.15) is 0 Å². The summed E-state index contributed by atoms with van der Waals surface area (Å²) in [5.74, 6) is 5.82. The molecule has 2 aliphatic rings. The first-order chi connectivity index (χ1) is 6.99. The highest BCUT2D eigenvalue weighted by Gasteiger charge is 2.37. The van der Waals surface area contributed by atoms with Gasteiger partial charge >= 0.3 is 0 Å². The van der Waals surface area contributed by atoms with Gasteiger partial charge in [0.05, 0.1) is 17.5 Å². The minimum Gasteiger partial charge on any atom is -0.276 e. The van der Waals surface area contributed by atoms with Gasteiger partial charge < -0.3 is 0 Å². The molecule has 1 aliphatic carbocycles. The third-order valence-corrected chi connectivity index (χ3v) is 5.06. The number of nitrogens with zero attached hydrogens (tertiary/aromatic N) is 1. The minimum absolute atomic E-state index is 0.0297. The van der Waals surface area contributed by atoms with Crippen molar-refractivity contribution in [2.24, 2.45) is 11.8 Å². The number of nitrogens with two attached hydrogens (primary N) is 1. The van der Waals surface area contributed by atoms with Crippen LogP contribution in [-0.2, 0) is 14.6 Å². The Kier molecular flexibility index (Phi) is 2.72. The lowest BCUT2D eigenvalue weighted by atomic mass is 9.84. The number of amides is 1. The fourth-order valence-corrected chi connectivity index (χ4v) is 3.75. The topological polar surface area (TPSA) is 80.5 Å². The average molecular weight is 232 g/mol. The lowest BCUT2D eigenvalue weighted by molar-refractivity contribution is -0.140. The van der Waals surface area contributed by atoms with E-state index in [0.29, 0.717) is 6.42 Å². The summed E-state index contributed by atoms with van der Waals surface area (Å²) in [5.41, 5.74) is 0. The van der Waals surface area contributed by atoms with Gasteiger partial charge in [0.2, 0.25) is 5.91 Å². The zero-order valence-corrected chi connectivity index (χ0v) is 9.37. The first-order valence-electron chi connectivity index (χ1n) is 5.28. The van der Waals surface area contributed by atoms with E-state index in [0.717, 1.165) is 24.3 Å². The highest BCUT2D eigenvalue weighted by Crippen LogP contribution is 2.29. The number of hydrazine groups is 1. The van der Waals surface area contributed by atoms with E-state index in [4.69, 9.17) is 5.84 Å². The zero-order valence-electron chi connectivity index (χ0n) is 8.55. The van der Waals surface area contributed by atoms with Gasteiger partial charge in [-0.2, -0.15) is 0 Å². The SMILES string of the molecule is NN(C(=O)C1CCC1)C1CCS(=O)(=O)C1. The third-order valence-electron chi connectivity index (χ3n) is 3.31. The smallest absolute Gasteiger partial charge is 0.239 e. The monoisotopic (exact) mass is 232 g/mol. The number of hydrogen-bond acceptors (Lipinski definition) is 4. The van der Waals surface area contributed by atoms with Crippen LogP contribution in [0.4, 0.5) is 0 Å². The molecule has 2 fully saturated rings. The molecular formula is C9H16N2O3S. The average Bonchev–Trinajstić information content (AvgIpc) is 2.41. The molecule has 2 N–H and O–H groups in total. The Bertz CT molecular complexity index is 362. The standard InChI is InChI=1S/C9H16N2O3S/c10-11(9(12)7-2-1-3-7)8-4-5-15(13,14)6-8/h7-8H,1-6,10H2. The number of carbonyl (C=O) groups excluding carboxylic acids is 1. The quantitative estimate of drug-likeness (QED) is 0.402. The van der Waals surface area contributed by atoms with Crippen molar-refractivity contribution in [3.8, 4) is 0 Å². The predicted molar refractivity (Wildman–Crippen MR) is 55.4 cm³/mol. The van der Waals surface area contributed by atoms with Crippen LogP contribution in [0.1, 0.15) is 25.7 Å². The molecule has 1 saturated carbocycles. The molecule has 0 spiro atoms. The normalized spacial score (nSPS) is 29.8. The maximum atomic E-state index is 11.7. The van der Waals surface area contributed by atoms with Gasteiger partial charge in [-0.05, 0) is 19.3 Å². The van der Waals surface area contributed by atoms with Crippen LogP contribution < -0.4 is 5.84 Å². The summed E-state index contributed by atoms with van der Waals surface area (Å²) in [4.78, 5) is 11.7. The van der Waals surface area contributed by atoms with Gasteiger partial charge in [-0.3, -0.25) is 9.80 Å². The molecule has 1 aliphatic heterocycles. The lowest BCUT2D eigenvalue weighted by Crippen LogP contribution is -2.50. The second-order valence-corrected chi connectivity index (χ2v) is 6.66. The van der Waals surface area contributed by atoms with Gasteiger partial charge in [0.25, 0.3) is 0 Å². The van der Waals surface area contributed by atoms with E-state index < -0.39 is 9.84 Å². The molecule has 0 aromatic heterocycles. The first-order valence-corrected chi connectivity index (χ1v) is 7.10. The highest BCUT2D eigenvalue weighted by molar-refractivity contribution is 7.91. The van der Waals surface area contributed by atoms with E-state index in [9.17, 15) is 13.2 Å². The van der Waals surface area contributed by atoms with Gasteiger partial charge in [0.15, 0.2) is 9.84 Å². The molecule has 1 amide bonds. The summed E-state index contributed by atoms with van der Waals surface area (Å²) in [5, 5.41) is 1.16. The molecule has 86 valence electrons. The van der Waals surface area contributed by atoms with Gasteiger partial charge in [-0.25, -0.2) is 14.3 Å². The van der Waals surface area contributed by atoms with Gasteiger partial charge in [-0.15, -0.1) is 0 Å². The second kappa shape index (κ2) is 3.75. The number of sulfone groups is 1. The van der Waals surface area contributed by atoms with Crippen LogP contribution in [0.25, 0.3) is 0 Å². The van der Waals surface area contributed by atoms with Crippen molar-refractivity contribution < 1.29 is 13.2 Å². The van der Waals surface area contributed by atoms with Crippen LogP contribution in [0.15, 0.2) is 0 Å². The van der Waals surface area contributed by atoms with Crippen molar-refractivity contribution in [2.75, 3.05) is 11.5 Å². The van der Waals surface area contributed by atoms with Crippen LogP contribution >= 0.6 is 0 Å². The van der Waals surface area contributed by atoms with Crippen molar-refractivity contribution in [2.45, 2.75) is 31.7 Å². The summed E-state index contributed by atoms with van der Waals surface area (Å²) in [6.45, 7) is 0. The fourth-order valence-electron chi connectivity index (χ4n) is 2.04. The van der Waals surface area contributed by atoms with Crippen molar-refractivity contribution in [1.82, 2.24) is 5.01 Å². The number of hydrogen-bond donors (Lipinski definition) is 1. The number of carbonyl (C=O) groups is 1. The Hall–Kier alpha value is -0.620. The van der Waals surface area contributed by atoms with Crippen molar-refractivity contribution >= 4 is 15.7 Å². The molecule has 15 heavy (non-hydrogen) atoms. The predicted octanol–water partition coefficient (Wildman–Crippen LogP) is -0.324. The van der Waals surface area contributed by atoms with Gasteiger partial charge in [-0.1, -0.05) is 6.42 Å². The van der Waals surface area contributed by atoms with Crippen molar-refractivity contribution in [3.05, 3.63) is 0 Å². The molecule has 1 unspecified atom stereocenters. The van der Waals surface area contributed by atoms with Crippen molar-refractivity contribution in [3.63, 3.8) is 0 Å². The molecule has 1 saturated heterocycles. The molecule has 0 aromatic carbocycles. The Morgan fingerprint density at radius 2 is 1.93 bits per heavy atom.